The minimum Gasteiger partial charge on any atom is -0.333 e. The van der Waals surface area contributed by atoms with E-state index in [2.05, 4.69) is 26.0 Å². The highest BCUT2D eigenvalue weighted by molar-refractivity contribution is 5.08. The fourth-order valence-electron chi connectivity index (χ4n) is 2.58. The second kappa shape index (κ2) is 4.94. The maximum Gasteiger partial charge on any atom is 0.0948 e. The summed E-state index contributed by atoms with van der Waals surface area (Å²) in [6, 6.07) is 2.56. The average Bonchev–Trinajstić information content (AvgIpc) is 3.07. The number of nitrogens with one attached hydrogen (secondary N) is 1. The Morgan fingerprint density at radius 2 is 2.44 bits per heavy atom. The quantitative estimate of drug-likeness (QED) is 0.883. The van der Waals surface area contributed by atoms with E-state index >= 15 is 0 Å². The number of nitrogens with zero attached hydrogens (tertiary/aromatic N) is 4. The van der Waals surface area contributed by atoms with Gasteiger partial charge in [0.25, 0.3) is 0 Å². The molecule has 96 valence electrons. The van der Waals surface area contributed by atoms with Gasteiger partial charge < -0.3 is 9.88 Å². The summed E-state index contributed by atoms with van der Waals surface area (Å²) in [5, 5.41) is 7.93. The van der Waals surface area contributed by atoms with Crippen LogP contribution in [-0.2, 0) is 20.0 Å². The Morgan fingerprint density at radius 3 is 3.17 bits per heavy atom. The van der Waals surface area contributed by atoms with Crippen LogP contribution < -0.4 is 5.32 Å². The lowest BCUT2D eigenvalue weighted by atomic mass is 10.1. The first-order chi connectivity index (χ1) is 8.83. The van der Waals surface area contributed by atoms with E-state index in [4.69, 9.17) is 0 Å². The molecule has 3 rings (SSSR count). The van der Waals surface area contributed by atoms with Crippen molar-refractivity contribution in [3.05, 3.63) is 36.2 Å². The molecule has 0 radical (unpaired) electrons. The van der Waals surface area contributed by atoms with Crippen molar-refractivity contribution in [3.63, 3.8) is 0 Å². The van der Waals surface area contributed by atoms with Crippen LogP contribution >= 0.6 is 0 Å². The standard InChI is InChI=1S/C13H19N5/c1-17-7-4-11(16-17)5-8-18-10-14-9-13(18)12-3-2-6-15-12/h4,7,9-10,12,15H,2-3,5-6,8H2,1H3. The lowest BCUT2D eigenvalue weighted by Crippen LogP contribution is -2.17. The van der Waals surface area contributed by atoms with Crippen LogP contribution in [0.5, 0.6) is 0 Å². The van der Waals surface area contributed by atoms with Gasteiger partial charge in [-0.3, -0.25) is 4.68 Å². The highest BCUT2D eigenvalue weighted by Crippen LogP contribution is 2.22. The van der Waals surface area contributed by atoms with Gasteiger partial charge in [-0.15, -0.1) is 0 Å². The molecule has 0 bridgehead atoms. The fraction of sp³-hybridized carbons (Fsp3) is 0.538. The first-order valence-electron chi connectivity index (χ1n) is 6.55. The highest BCUT2D eigenvalue weighted by atomic mass is 15.2. The Hall–Kier alpha value is -1.62. The molecule has 1 atom stereocenters. The molecule has 5 nitrogen and oxygen atoms in total. The third-order valence-corrected chi connectivity index (χ3v) is 3.54. The maximum atomic E-state index is 4.40. The molecular weight excluding hydrogens is 226 g/mol. The zero-order valence-corrected chi connectivity index (χ0v) is 10.7. The average molecular weight is 245 g/mol. The van der Waals surface area contributed by atoms with Gasteiger partial charge in [-0.1, -0.05) is 0 Å². The third-order valence-electron chi connectivity index (χ3n) is 3.54. The summed E-state index contributed by atoms with van der Waals surface area (Å²) in [6.45, 7) is 2.07. The molecule has 18 heavy (non-hydrogen) atoms. The van der Waals surface area contributed by atoms with E-state index in [0.717, 1.165) is 25.2 Å². The molecular formula is C13H19N5. The number of aryl methyl sites for hydroxylation is 3. The monoisotopic (exact) mass is 245 g/mol. The van der Waals surface area contributed by atoms with Gasteiger partial charge in [0.05, 0.1) is 17.7 Å². The number of rotatable bonds is 4. The van der Waals surface area contributed by atoms with Gasteiger partial charge in [-0.25, -0.2) is 4.98 Å². The minimum atomic E-state index is 0.483. The zero-order chi connectivity index (χ0) is 12.4. The second-order valence-corrected chi connectivity index (χ2v) is 4.89. The number of imidazole rings is 1. The Kier molecular flexibility index (Phi) is 3.15. The molecule has 1 aliphatic rings. The molecule has 1 fully saturated rings. The molecule has 1 saturated heterocycles. The lowest BCUT2D eigenvalue weighted by molar-refractivity contribution is 0.559. The van der Waals surface area contributed by atoms with Crippen LogP contribution in [0.4, 0.5) is 0 Å². The van der Waals surface area contributed by atoms with E-state index in [1.54, 1.807) is 0 Å². The van der Waals surface area contributed by atoms with Gasteiger partial charge in [0.1, 0.15) is 0 Å². The summed E-state index contributed by atoms with van der Waals surface area (Å²) < 4.78 is 4.10. The van der Waals surface area contributed by atoms with Crippen LogP contribution in [0.3, 0.4) is 0 Å². The van der Waals surface area contributed by atoms with Gasteiger partial charge in [0, 0.05) is 38.4 Å². The molecule has 0 aromatic carbocycles. The van der Waals surface area contributed by atoms with E-state index in [9.17, 15) is 0 Å². The summed E-state index contributed by atoms with van der Waals surface area (Å²) >= 11 is 0. The molecule has 0 saturated carbocycles. The molecule has 1 N–H and O–H groups in total. The summed E-state index contributed by atoms with van der Waals surface area (Å²) in [7, 11) is 1.95. The molecule has 2 aromatic rings. The third kappa shape index (κ3) is 2.31. The van der Waals surface area contributed by atoms with Gasteiger partial charge in [0.2, 0.25) is 0 Å². The van der Waals surface area contributed by atoms with Crippen molar-refractivity contribution < 1.29 is 0 Å². The predicted octanol–water partition coefficient (Wildman–Crippen LogP) is 1.28. The van der Waals surface area contributed by atoms with Crippen molar-refractivity contribution >= 4 is 0 Å². The van der Waals surface area contributed by atoms with Crippen molar-refractivity contribution in [2.24, 2.45) is 7.05 Å². The number of aromatic nitrogens is 4. The normalized spacial score (nSPS) is 19.5. The Balaban J connectivity index is 1.67. The van der Waals surface area contributed by atoms with Crippen molar-refractivity contribution in [1.29, 1.82) is 0 Å². The van der Waals surface area contributed by atoms with Gasteiger partial charge in [-0.05, 0) is 25.5 Å². The van der Waals surface area contributed by atoms with Crippen molar-refractivity contribution in [1.82, 2.24) is 24.6 Å². The second-order valence-electron chi connectivity index (χ2n) is 4.89. The number of hydrogen-bond donors (Lipinski definition) is 1. The molecule has 0 aliphatic carbocycles. The summed E-state index contributed by atoms with van der Waals surface area (Å²) in [5.74, 6) is 0. The summed E-state index contributed by atoms with van der Waals surface area (Å²) in [5.41, 5.74) is 2.44. The number of hydrogen-bond acceptors (Lipinski definition) is 3. The van der Waals surface area contributed by atoms with Crippen LogP contribution in [0.15, 0.2) is 24.8 Å². The topological polar surface area (TPSA) is 47.7 Å². The van der Waals surface area contributed by atoms with E-state index < -0.39 is 0 Å². The summed E-state index contributed by atoms with van der Waals surface area (Å²) in [6.07, 6.45) is 9.34. The largest absolute Gasteiger partial charge is 0.333 e. The van der Waals surface area contributed by atoms with E-state index in [1.807, 2.05) is 30.5 Å². The molecule has 5 heteroatoms. The Bertz CT molecular complexity index is 507. The molecule has 0 amide bonds. The summed E-state index contributed by atoms with van der Waals surface area (Å²) in [4.78, 5) is 4.28. The van der Waals surface area contributed by atoms with E-state index in [1.165, 1.54) is 18.5 Å². The molecule has 0 spiro atoms. The van der Waals surface area contributed by atoms with Crippen LogP contribution in [0.2, 0.25) is 0 Å². The zero-order valence-electron chi connectivity index (χ0n) is 10.7. The first-order valence-corrected chi connectivity index (χ1v) is 6.55. The van der Waals surface area contributed by atoms with Crippen LogP contribution in [0.1, 0.15) is 30.3 Å². The van der Waals surface area contributed by atoms with E-state index in [0.29, 0.717) is 6.04 Å². The van der Waals surface area contributed by atoms with Crippen LogP contribution in [0, 0.1) is 0 Å². The predicted molar refractivity (Wildman–Crippen MR) is 69.1 cm³/mol. The smallest absolute Gasteiger partial charge is 0.0948 e. The van der Waals surface area contributed by atoms with Crippen molar-refractivity contribution in [3.8, 4) is 0 Å². The van der Waals surface area contributed by atoms with E-state index in [-0.39, 0.29) is 0 Å². The Labute approximate surface area is 107 Å². The first kappa shape index (κ1) is 11.5. The molecule has 2 aromatic heterocycles. The fourth-order valence-corrected chi connectivity index (χ4v) is 2.58. The molecule has 3 heterocycles. The molecule has 1 aliphatic heterocycles. The van der Waals surface area contributed by atoms with Gasteiger partial charge in [-0.2, -0.15) is 5.10 Å². The van der Waals surface area contributed by atoms with Gasteiger partial charge >= 0.3 is 0 Å². The maximum absolute atomic E-state index is 4.40. The van der Waals surface area contributed by atoms with Crippen LogP contribution in [-0.4, -0.2) is 25.9 Å². The Morgan fingerprint density at radius 1 is 1.50 bits per heavy atom. The van der Waals surface area contributed by atoms with Gasteiger partial charge in [0.15, 0.2) is 0 Å². The van der Waals surface area contributed by atoms with Crippen molar-refractivity contribution in [2.75, 3.05) is 6.54 Å². The molecule has 1 unspecified atom stereocenters. The van der Waals surface area contributed by atoms with Crippen LogP contribution in [0.25, 0.3) is 0 Å². The lowest BCUT2D eigenvalue weighted by Gasteiger charge is -2.13. The minimum absolute atomic E-state index is 0.483. The van der Waals surface area contributed by atoms with Crippen molar-refractivity contribution in [2.45, 2.75) is 31.8 Å². The SMILES string of the molecule is Cn1ccc(CCn2cncc2C2CCCN2)n1. The highest BCUT2D eigenvalue weighted by Gasteiger charge is 2.19.